The Bertz CT molecular complexity index is 647. The Balaban J connectivity index is 2.07. The smallest absolute Gasteiger partial charge is 0.136 e. The van der Waals surface area contributed by atoms with Gasteiger partial charge in [-0.1, -0.05) is 36.4 Å². The van der Waals surface area contributed by atoms with Crippen LogP contribution in [-0.2, 0) is 22.3 Å². The van der Waals surface area contributed by atoms with Crippen molar-refractivity contribution < 1.29 is 8.95 Å². The van der Waals surface area contributed by atoms with Crippen LogP contribution in [0.4, 0.5) is 0 Å². The lowest BCUT2D eigenvalue weighted by Gasteiger charge is -2.07. The highest BCUT2D eigenvalue weighted by molar-refractivity contribution is 7.83. The predicted molar refractivity (Wildman–Crippen MR) is 79.7 cm³/mol. The third-order valence-corrected chi connectivity index (χ3v) is 4.20. The molecule has 0 aliphatic heterocycles. The first-order valence-corrected chi connectivity index (χ1v) is 7.67. The van der Waals surface area contributed by atoms with Crippen LogP contribution in [-0.4, -0.2) is 11.3 Å². The second-order valence-electron chi connectivity index (χ2n) is 4.36. The summed E-state index contributed by atoms with van der Waals surface area (Å²) in [6, 6.07) is 17.1. The summed E-state index contributed by atoms with van der Waals surface area (Å²) in [6.45, 7) is 0. The first-order chi connectivity index (χ1) is 9.72. The van der Waals surface area contributed by atoms with Gasteiger partial charge in [-0.05, 0) is 23.3 Å². The molecule has 1 unspecified atom stereocenters. The van der Waals surface area contributed by atoms with E-state index < -0.39 is 10.8 Å². The normalized spacial score (nSPS) is 11.6. The predicted octanol–water partition coefficient (Wildman–Crippen LogP) is 3.02. The van der Waals surface area contributed by atoms with E-state index in [-0.39, 0.29) is 0 Å². The summed E-state index contributed by atoms with van der Waals surface area (Å²) >= 11 is 0. The van der Waals surface area contributed by atoms with Gasteiger partial charge >= 0.3 is 0 Å². The summed E-state index contributed by atoms with van der Waals surface area (Å²) in [6.07, 6.45) is 0. The molecule has 0 spiro atoms. The molecule has 2 rings (SSSR count). The molecule has 0 N–H and O–H groups in total. The number of hydrogen-bond donors (Lipinski definition) is 0. The Hall–Kier alpha value is -2.12. The van der Waals surface area contributed by atoms with Gasteiger partial charge in [0.2, 0.25) is 0 Å². The molecule has 3 nitrogen and oxygen atoms in total. The zero-order valence-electron chi connectivity index (χ0n) is 11.2. The SMILES string of the molecule is COc1cc(CS(=O)Cc2ccccc2)ccc1C#N. The topological polar surface area (TPSA) is 50.1 Å². The molecule has 0 aromatic heterocycles. The van der Waals surface area contributed by atoms with E-state index in [0.29, 0.717) is 22.8 Å². The third kappa shape index (κ3) is 3.69. The average Bonchev–Trinajstić information content (AvgIpc) is 2.48. The Morgan fingerprint density at radius 2 is 1.80 bits per heavy atom. The van der Waals surface area contributed by atoms with Gasteiger partial charge in [-0.3, -0.25) is 4.21 Å². The van der Waals surface area contributed by atoms with Gasteiger partial charge in [-0.25, -0.2) is 0 Å². The van der Waals surface area contributed by atoms with Gasteiger partial charge in [-0.15, -0.1) is 0 Å². The van der Waals surface area contributed by atoms with E-state index in [1.165, 1.54) is 7.11 Å². The van der Waals surface area contributed by atoms with E-state index in [4.69, 9.17) is 10.00 Å². The fraction of sp³-hybridized carbons (Fsp3) is 0.188. The van der Waals surface area contributed by atoms with E-state index in [1.807, 2.05) is 36.4 Å². The van der Waals surface area contributed by atoms with Gasteiger partial charge in [0.25, 0.3) is 0 Å². The van der Waals surface area contributed by atoms with Crippen molar-refractivity contribution >= 4 is 10.8 Å². The summed E-state index contributed by atoms with van der Waals surface area (Å²) < 4.78 is 17.3. The minimum absolute atomic E-state index is 0.455. The van der Waals surface area contributed by atoms with Crippen molar-refractivity contribution in [1.82, 2.24) is 0 Å². The number of methoxy groups -OCH3 is 1. The van der Waals surface area contributed by atoms with E-state index >= 15 is 0 Å². The van der Waals surface area contributed by atoms with Crippen molar-refractivity contribution in [2.24, 2.45) is 0 Å². The zero-order valence-corrected chi connectivity index (χ0v) is 12.0. The Morgan fingerprint density at radius 3 is 2.45 bits per heavy atom. The fourth-order valence-electron chi connectivity index (χ4n) is 1.91. The summed E-state index contributed by atoms with van der Waals surface area (Å²) in [5, 5.41) is 8.93. The van der Waals surface area contributed by atoms with E-state index in [9.17, 15) is 4.21 Å². The van der Waals surface area contributed by atoms with Crippen LogP contribution in [0.2, 0.25) is 0 Å². The molecule has 0 saturated carbocycles. The van der Waals surface area contributed by atoms with Crippen LogP contribution >= 0.6 is 0 Å². The lowest BCUT2D eigenvalue weighted by atomic mass is 10.1. The van der Waals surface area contributed by atoms with Crippen molar-refractivity contribution in [3.05, 3.63) is 65.2 Å². The number of nitriles is 1. The quantitative estimate of drug-likeness (QED) is 0.848. The van der Waals surface area contributed by atoms with Crippen molar-refractivity contribution in [1.29, 1.82) is 5.26 Å². The van der Waals surface area contributed by atoms with E-state index in [1.54, 1.807) is 12.1 Å². The van der Waals surface area contributed by atoms with Gasteiger partial charge in [0.15, 0.2) is 0 Å². The molecular weight excluding hydrogens is 270 g/mol. The zero-order chi connectivity index (χ0) is 14.4. The van der Waals surface area contributed by atoms with Crippen LogP contribution in [0.15, 0.2) is 48.5 Å². The highest BCUT2D eigenvalue weighted by Crippen LogP contribution is 2.20. The summed E-state index contributed by atoms with van der Waals surface area (Å²) in [5.74, 6) is 1.52. The molecule has 102 valence electrons. The largest absolute Gasteiger partial charge is 0.495 e. The molecule has 0 fully saturated rings. The molecule has 20 heavy (non-hydrogen) atoms. The van der Waals surface area contributed by atoms with Gasteiger partial charge in [-0.2, -0.15) is 5.26 Å². The second-order valence-corrected chi connectivity index (χ2v) is 5.82. The maximum Gasteiger partial charge on any atom is 0.136 e. The Labute approximate surface area is 121 Å². The lowest BCUT2D eigenvalue weighted by molar-refractivity contribution is 0.413. The first-order valence-electron chi connectivity index (χ1n) is 6.19. The summed E-state index contributed by atoms with van der Waals surface area (Å²) in [5.41, 5.74) is 2.46. The van der Waals surface area contributed by atoms with Crippen molar-refractivity contribution in [2.45, 2.75) is 11.5 Å². The van der Waals surface area contributed by atoms with Crippen LogP contribution in [0, 0.1) is 11.3 Å². The highest BCUT2D eigenvalue weighted by Gasteiger charge is 2.07. The molecule has 0 amide bonds. The van der Waals surface area contributed by atoms with Crippen molar-refractivity contribution in [3.63, 3.8) is 0 Å². The fourth-order valence-corrected chi connectivity index (χ4v) is 3.13. The Morgan fingerprint density at radius 1 is 1.10 bits per heavy atom. The standard InChI is InChI=1S/C16H15NO2S/c1-19-16-9-14(7-8-15(16)10-17)12-20(18)11-13-5-3-2-4-6-13/h2-9H,11-12H2,1H3. The van der Waals surface area contributed by atoms with Crippen molar-refractivity contribution in [3.8, 4) is 11.8 Å². The molecule has 0 heterocycles. The minimum atomic E-state index is -0.979. The third-order valence-electron chi connectivity index (χ3n) is 2.88. The van der Waals surface area contributed by atoms with Crippen LogP contribution in [0.1, 0.15) is 16.7 Å². The van der Waals surface area contributed by atoms with E-state index in [0.717, 1.165) is 11.1 Å². The summed E-state index contributed by atoms with van der Waals surface area (Å²) in [7, 11) is 0.549. The first kappa shape index (κ1) is 14.3. The van der Waals surface area contributed by atoms with E-state index in [2.05, 4.69) is 6.07 Å². The highest BCUT2D eigenvalue weighted by atomic mass is 32.2. The summed E-state index contributed by atoms with van der Waals surface area (Å²) in [4.78, 5) is 0. The average molecular weight is 285 g/mol. The van der Waals surface area contributed by atoms with Gasteiger partial charge < -0.3 is 4.74 Å². The second kappa shape index (κ2) is 6.88. The van der Waals surface area contributed by atoms with Crippen molar-refractivity contribution in [2.75, 3.05) is 7.11 Å². The van der Waals surface area contributed by atoms with Gasteiger partial charge in [0, 0.05) is 22.3 Å². The Kier molecular flexibility index (Phi) is 4.91. The van der Waals surface area contributed by atoms with Crippen LogP contribution in [0.3, 0.4) is 0 Å². The lowest BCUT2D eigenvalue weighted by Crippen LogP contribution is -2.00. The molecule has 0 bridgehead atoms. The molecule has 1 atom stereocenters. The maximum absolute atomic E-state index is 12.1. The maximum atomic E-state index is 12.1. The number of hydrogen-bond acceptors (Lipinski definition) is 3. The molecule has 2 aromatic carbocycles. The molecular formula is C16H15NO2S. The number of rotatable bonds is 5. The molecule has 4 heteroatoms. The number of ether oxygens (including phenoxy) is 1. The number of nitrogens with zero attached hydrogens (tertiary/aromatic N) is 1. The molecule has 0 aliphatic carbocycles. The molecule has 0 saturated heterocycles. The van der Waals surface area contributed by atoms with Gasteiger partial charge in [0.1, 0.15) is 11.8 Å². The molecule has 2 aromatic rings. The van der Waals surface area contributed by atoms with Gasteiger partial charge in [0.05, 0.1) is 12.7 Å². The number of benzene rings is 2. The van der Waals surface area contributed by atoms with Crippen LogP contribution < -0.4 is 4.74 Å². The molecule has 0 radical (unpaired) electrons. The minimum Gasteiger partial charge on any atom is -0.495 e. The van der Waals surface area contributed by atoms with Crippen LogP contribution in [0.5, 0.6) is 5.75 Å². The van der Waals surface area contributed by atoms with Crippen LogP contribution in [0.25, 0.3) is 0 Å². The monoisotopic (exact) mass is 285 g/mol. The molecule has 0 aliphatic rings.